The van der Waals surface area contributed by atoms with Crippen LogP contribution in [-0.4, -0.2) is 32.1 Å². The number of hydrogen-bond acceptors (Lipinski definition) is 6. The van der Waals surface area contributed by atoms with Crippen LogP contribution in [0.1, 0.15) is 68.4 Å². The molecule has 1 saturated carbocycles. The summed E-state index contributed by atoms with van der Waals surface area (Å²) in [5.41, 5.74) is 4.36. The highest BCUT2D eigenvalue weighted by Gasteiger charge is 2.43. The maximum Gasteiger partial charge on any atom is 0.337 e. The molecule has 0 unspecified atom stereocenters. The molecule has 0 aromatic heterocycles. The Morgan fingerprint density at radius 2 is 1.73 bits per heavy atom. The van der Waals surface area contributed by atoms with Crippen molar-refractivity contribution in [1.29, 1.82) is 0 Å². The molecule has 7 heteroatoms. The molecule has 3 aliphatic rings. The molecular weight excluding hydrogens is 490 g/mol. The quantitative estimate of drug-likeness (QED) is 0.456. The molecule has 37 heavy (non-hydrogen) atoms. The number of Topliss-reactive ketones (excluding diaryl/α,β-unsaturated/α-hetero) is 1. The van der Waals surface area contributed by atoms with E-state index in [9.17, 15) is 9.59 Å². The van der Waals surface area contributed by atoms with Gasteiger partial charge in [-0.1, -0.05) is 35.9 Å². The smallest absolute Gasteiger partial charge is 0.337 e. The third-order valence-electron chi connectivity index (χ3n) is 7.71. The molecule has 0 amide bonds. The van der Waals surface area contributed by atoms with Gasteiger partial charge in [0.15, 0.2) is 17.3 Å². The number of rotatable bonds is 6. The van der Waals surface area contributed by atoms with Crippen LogP contribution in [0, 0.1) is 0 Å². The zero-order valence-corrected chi connectivity index (χ0v) is 22.2. The molecule has 1 fully saturated rings. The number of allylic oxidation sites excluding steroid dienone is 3. The summed E-state index contributed by atoms with van der Waals surface area (Å²) in [6, 6.07) is 13.2. The van der Waals surface area contributed by atoms with Crippen LogP contribution in [0.2, 0.25) is 5.02 Å². The minimum Gasteiger partial charge on any atom is -0.493 e. The predicted molar refractivity (Wildman–Crippen MR) is 142 cm³/mol. The zero-order valence-electron chi connectivity index (χ0n) is 21.4. The van der Waals surface area contributed by atoms with E-state index in [1.54, 1.807) is 14.2 Å². The Morgan fingerprint density at radius 3 is 2.41 bits per heavy atom. The van der Waals surface area contributed by atoms with E-state index in [1.807, 2.05) is 49.4 Å². The highest BCUT2D eigenvalue weighted by molar-refractivity contribution is 6.30. The van der Waals surface area contributed by atoms with Gasteiger partial charge >= 0.3 is 5.97 Å². The Balaban J connectivity index is 1.60. The zero-order chi connectivity index (χ0) is 26.1. The van der Waals surface area contributed by atoms with Crippen LogP contribution in [0.5, 0.6) is 11.5 Å². The molecule has 1 N–H and O–H groups in total. The molecule has 194 valence electrons. The van der Waals surface area contributed by atoms with Crippen LogP contribution >= 0.6 is 11.6 Å². The van der Waals surface area contributed by atoms with Gasteiger partial charge in [-0.15, -0.1) is 0 Å². The van der Waals surface area contributed by atoms with Gasteiger partial charge in [-0.3, -0.25) is 4.79 Å². The van der Waals surface area contributed by atoms with Crippen LogP contribution in [0.25, 0.3) is 0 Å². The van der Waals surface area contributed by atoms with Crippen molar-refractivity contribution in [3.8, 4) is 11.5 Å². The summed E-state index contributed by atoms with van der Waals surface area (Å²) in [5.74, 6) is 0.0743. The Labute approximate surface area is 222 Å². The second-order valence-corrected chi connectivity index (χ2v) is 10.4. The first-order chi connectivity index (χ1) is 17.9. The van der Waals surface area contributed by atoms with Crippen molar-refractivity contribution in [2.75, 3.05) is 14.2 Å². The SMILES string of the molecule is COc1cccc([C@H]2C(C(=O)OC3CCCC3)=C(C)NC3=C2C(=O)C[C@@H](c2ccc(Cl)cc2)C3)c1OC. The fraction of sp³-hybridized carbons (Fsp3) is 0.400. The number of carbonyl (C=O) groups is 2. The average Bonchev–Trinajstić information content (AvgIpc) is 3.40. The van der Waals surface area contributed by atoms with Gasteiger partial charge in [0.1, 0.15) is 6.10 Å². The van der Waals surface area contributed by atoms with Crippen molar-refractivity contribution in [1.82, 2.24) is 5.32 Å². The minimum atomic E-state index is -0.617. The number of ketones is 1. The van der Waals surface area contributed by atoms with E-state index < -0.39 is 5.92 Å². The second kappa shape index (κ2) is 10.6. The Kier molecular flexibility index (Phi) is 7.29. The number of methoxy groups -OCH3 is 2. The molecule has 1 aliphatic heterocycles. The van der Waals surface area contributed by atoms with Crippen LogP contribution in [0.15, 0.2) is 65.0 Å². The van der Waals surface area contributed by atoms with Crippen LogP contribution in [0.3, 0.4) is 0 Å². The molecule has 0 spiro atoms. The summed E-state index contributed by atoms with van der Waals surface area (Å²) < 4.78 is 17.3. The fourth-order valence-electron chi connectivity index (χ4n) is 5.95. The number of ether oxygens (including phenoxy) is 3. The number of carbonyl (C=O) groups excluding carboxylic acids is 2. The minimum absolute atomic E-state index is 0.00207. The number of benzene rings is 2. The molecular formula is C30H32ClNO5. The topological polar surface area (TPSA) is 73.9 Å². The third kappa shape index (κ3) is 4.87. The van der Waals surface area contributed by atoms with Gasteiger partial charge < -0.3 is 19.5 Å². The van der Waals surface area contributed by atoms with Crippen molar-refractivity contribution >= 4 is 23.4 Å². The summed E-state index contributed by atoms with van der Waals surface area (Å²) in [7, 11) is 3.15. The summed E-state index contributed by atoms with van der Waals surface area (Å²) >= 11 is 6.10. The Hall–Kier alpha value is -3.25. The number of halogens is 1. The number of dihydropyridines is 1. The number of para-hydroxylation sites is 1. The van der Waals surface area contributed by atoms with E-state index in [2.05, 4.69) is 5.32 Å². The van der Waals surface area contributed by atoms with Gasteiger partial charge in [-0.2, -0.15) is 0 Å². The van der Waals surface area contributed by atoms with Gasteiger partial charge in [0.2, 0.25) is 0 Å². The molecule has 2 aliphatic carbocycles. The van der Waals surface area contributed by atoms with E-state index in [4.69, 9.17) is 25.8 Å². The van der Waals surface area contributed by atoms with Crippen molar-refractivity contribution < 1.29 is 23.8 Å². The van der Waals surface area contributed by atoms with Crippen LogP contribution < -0.4 is 14.8 Å². The summed E-state index contributed by atoms with van der Waals surface area (Å²) in [6.45, 7) is 1.88. The average molecular weight is 522 g/mol. The van der Waals surface area contributed by atoms with Crippen LogP contribution in [0.4, 0.5) is 0 Å². The molecule has 2 atom stereocenters. The normalized spacial score (nSPS) is 22.0. The van der Waals surface area contributed by atoms with E-state index >= 15 is 0 Å². The molecule has 2 aromatic rings. The first kappa shape index (κ1) is 25.4. The van der Waals surface area contributed by atoms with Gasteiger partial charge in [0.05, 0.1) is 25.7 Å². The highest BCUT2D eigenvalue weighted by Crippen LogP contribution is 2.49. The number of esters is 1. The van der Waals surface area contributed by atoms with Gasteiger partial charge in [-0.25, -0.2) is 4.79 Å². The molecule has 5 rings (SSSR count). The van der Waals surface area contributed by atoms with Crippen molar-refractivity contribution in [2.45, 2.75) is 63.4 Å². The van der Waals surface area contributed by atoms with Crippen molar-refractivity contribution in [3.05, 3.63) is 81.2 Å². The van der Waals surface area contributed by atoms with E-state index in [0.29, 0.717) is 51.8 Å². The molecule has 0 radical (unpaired) electrons. The molecule has 0 bridgehead atoms. The fourth-order valence-corrected chi connectivity index (χ4v) is 6.08. The summed E-state index contributed by atoms with van der Waals surface area (Å²) in [4.78, 5) is 27.5. The predicted octanol–water partition coefficient (Wildman–Crippen LogP) is 6.20. The monoisotopic (exact) mass is 521 g/mol. The third-order valence-corrected chi connectivity index (χ3v) is 7.96. The first-order valence-electron chi connectivity index (χ1n) is 12.8. The van der Waals surface area contributed by atoms with Crippen LogP contribution in [-0.2, 0) is 14.3 Å². The lowest BCUT2D eigenvalue weighted by atomic mass is 9.71. The standard InChI is InChI=1S/C30H32ClNO5/c1-17-26(30(34)37-21-7-4-5-8-21)27(22-9-6-10-25(35-2)29(22)36-3)28-23(32-17)15-19(16-24(28)33)18-11-13-20(31)14-12-18/h6,9-14,19,21,27,32H,4-5,7-8,15-16H2,1-3H3/t19-,27-/m0/s1. The summed E-state index contributed by atoms with van der Waals surface area (Å²) in [6.07, 6.45) is 4.75. The van der Waals surface area contributed by atoms with E-state index in [1.165, 1.54) is 0 Å². The lowest BCUT2D eigenvalue weighted by Gasteiger charge is -2.37. The van der Waals surface area contributed by atoms with E-state index in [-0.39, 0.29) is 23.8 Å². The van der Waals surface area contributed by atoms with Gasteiger partial charge in [-0.05, 0) is 68.7 Å². The first-order valence-corrected chi connectivity index (χ1v) is 13.2. The second-order valence-electron chi connectivity index (χ2n) is 9.96. The maximum atomic E-state index is 13.9. The molecule has 0 saturated heterocycles. The van der Waals surface area contributed by atoms with E-state index in [0.717, 1.165) is 36.9 Å². The lowest BCUT2D eigenvalue weighted by Crippen LogP contribution is -2.36. The summed E-state index contributed by atoms with van der Waals surface area (Å²) in [5, 5.41) is 4.08. The molecule has 6 nitrogen and oxygen atoms in total. The molecule has 2 aromatic carbocycles. The Morgan fingerprint density at radius 1 is 1.00 bits per heavy atom. The highest BCUT2D eigenvalue weighted by atomic mass is 35.5. The largest absolute Gasteiger partial charge is 0.493 e. The van der Waals surface area contributed by atoms with Crippen molar-refractivity contribution in [3.63, 3.8) is 0 Å². The molecule has 1 heterocycles. The lowest BCUT2D eigenvalue weighted by molar-refractivity contribution is -0.144. The Bertz CT molecular complexity index is 1270. The number of nitrogens with one attached hydrogen (secondary N) is 1. The van der Waals surface area contributed by atoms with Gasteiger partial charge in [0, 0.05) is 34.0 Å². The maximum absolute atomic E-state index is 13.9. The van der Waals surface area contributed by atoms with Gasteiger partial charge in [0.25, 0.3) is 0 Å². The van der Waals surface area contributed by atoms with Crippen molar-refractivity contribution in [2.24, 2.45) is 0 Å². The number of hydrogen-bond donors (Lipinski definition) is 1.